The maximum atomic E-state index is 12.8. The largest absolute Gasteiger partial charge is 0.461 e. The van der Waals surface area contributed by atoms with Crippen LogP contribution in [0.1, 0.15) is 27.8 Å². The first-order chi connectivity index (χ1) is 13.3. The summed E-state index contributed by atoms with van der Waals surface area (Å²) in [6.45, 7) is 1.84. The number of amides is 1. The van der Waals surface area contributed by atoms with Crippen LogP contribution in [0.25, 0.3) is 5.52 Å². The Balaban J connectivity index is 2.10. The summed E-state index contributed by atoms with van der Waals surface area (Å²) >= 11 is 12.1. The Morgan fingerprint density at radius 3 is 2.54 bits per heavy atom. The van der Waals surface area contributed by atoms with Crippen molar-refractivity contribution in [1.82, 2.24) is 14.6 Å². The molecule has 0 spiro atoms. The maximum Gasteiger partial charge on any atom is 0.358 e. The van der Waals surface area contributed by atoms with Crippen molar-refractivity contribution in [3.05, 3.63) is 51.9 Å². The third-order valence-electron chi connectivity index (χ3n) is 3.70. The van der Waals surface area contributed by atoms with Crippen LogP contribution in [0.4, 0.5) is 5.69 Å². The van der Waals surface area contributed by atoms with Gasteiger partial charge >= 0.3 is 5.97 Å². The average Bonchev–Trinajstić information content (AvgIpc) is 3.09. The van der Waals surface area contributed by atoms with Crippen molar-refractivity contribution in [2.24, 2.45) is 0 Å². The summed E-state index contributed by atoms with van der Waals surface area (Å²) in [6.07, 6.45) is 4.16. The van der Waals surface area contributed by atoms with Crippen LogP contribution in [-0.2, 0) is 15.5 Å². The molecular weight excluding hydrogens is 427 g/mol. The predicted octanol–water partition coefficient (Wildman–Crippen LogP) is 3.20. The molecule has 0 fully saturated rings. The number of fused-ring (bicyclic) bond motifs is 1. The first-order valence-corrected chi connectivity index (χ1v) is 10.3. The molecule has 0 aliphatic carbocycles. The number of aromatic nitrogens is 3. The molecule has 1 atom stereocenters. The number of carbonyl (C=O) groups is 2. The molecule has 28 heavy (non-hydrogen) atoms. The van der Waals surface area contributed by atoms with Crippen molar-refractivity contribution in [3.63, 3.8) is 0 Å². The molecule has 3 aromatic heterocycles. The van der Waals surface area contributed by atoms with E-state index in [9.17, 15) is 13.8 Å². The molecule has 0 radical (unpaired) electrons. The smallest absolute Gasteiger partial charge is 0.358 e. The maximum absolute atomic E-state index is 12.8. The van der Waals surface area contributed by atoms with Gasteiger partial charge in [0.2, 0.25) is 0 Å². The van der Waals surface area contributed by atoms with E-state index in [-0.39, 0.29) is 39.1 Å². The van der Waals surface area contributed by atoms with E-state index in [0.29, 0.717) is 5.03 Å². The van der Waals surface area contributed by atoms with Gasteiger partial charge in [0, 0.05) is 18.6 Å². The molecule has 3 aromatic rings. The van der Waals surface area contributed by atoms with Gasteiger partial charge in [0.1, 0.15) is 5.03 Å². The van der Waals surface area contributed by atoms with E-state index in [2.05, 4.69) is 15.4 Å². The van der Waals surface area contributed by atoms with Crippen LogP contribution in [0.15, 0.2) is 35.6 Å². The molecule has 0 saturated carbocycles. The number of carbonyl (C=O) groups excluding carboxylic acids is 2. The molecule has 1 unspecified atom stereocenters. The van der Waals surface area contributed by atoms with Gasteiger partial charge in [0.15, 0.2) is 5.69 Å². The molecule has 146 valence electrons. The van der Waals surface area contributed by atoms with Crippen LogP contribution in [0.3, 0.4) is 0 Å². The topological polar surface area (TPSA) is 103 Å². The second-order valence-corrected chi connectivity index (χ2v) is 7.66. The summed E-state index contributed by atoms with van der Waals surface area (Å²) in [7, 11) is -1.41. The van der Waals surface area contributed by atoms with E-state index in [0.717, 1.165) is 0 Å². The number of halogens is 2. The molecule has 8 nitrogen and oxygen atoms in total. The molecule has 0 aliphatic heterocycles. The molecule has 3 heterocycles. The van der Waals surface area contributed by atoms with E-state index < -0.39 is 22.7 Å². The average molecular weight is 441 g/mol. The first-order valence-electron chi connectivity index (χ1n) is 7.97. The quantitative estimate of drug-likeness (QED) is 0.610. The number of anilines is 1. The van der Waals surface area contributed by atoms with Gasteiger partial charge in [-0.3, -0.25) is 14.0 Å². The third kappa shape index (κ3) is 3.87. The van der Waals surface area contributed by atoms with Crippen molar-refractivity contribution in [1.29, 1.82) is 0 Å². The van der Waals surface area contributed by atoms with Gasteiger partial charge in [-0.05, 0) is 25.1 Å². The zero-order chi connectivity index (χ0) is 20.4. The molecule has 0 bridgehead atoms. The molecule has 1 amide bonds. The van der Waals surface area contributed by atoms with Crippen LogP contribution >= 0.6 is 23.2 Å². The minimum Gasteiger partial charge on any atom is -0.461 e. The Labute approximate surface area is 172 Å². The monoisotopic (exact) mass is 440 g/mol. The van der Waals surface area contributed by atoms with Crippen molar-refractivity contribution in [3.8, 4) is 0 Å². The van der Waals surface area contributed by atoms with Gasteiger partial charge in [0.25, 0.3) is 5.91 Å². The van der Waals surface area contributed by atoms with Gasteiger partial charge in [0.05, 0.1) is 44.2 Å². The highest BCUT2D eigenvalue weighted by Gasteiger charge is 2.21. The highest BCUT2D eigenvalue weighted by Crippen LogP contribution is 2.29. The SMILES string of the molecule is CCOC(=O)c1cc2c(C(=O)Nc3c(Cl)cncc3Cl)ccc(S(C)=O)n2n1. The zero-order valence-electron chi connectivity index (χ0n) is 14.7. The normalized spacial score (nSPS) is 12.0. The van der Waals surface area contributed by atoms with Crippen molar-refractivity contribution >= 4 is 57.1 Å². The van der Waals surface area contributed by atoms with Gasteiger partial charge in [-0.1, -0.05) is 23.2 Å². The Morgan fingerprint density at radius 1 is 1.25 bits per heavy atom. The van der Waals surface area contributed by atoms with Crippen LogP contribution in [-0.4, -0.2) is 43.5 Å². The van der Waals surface area contributed by atoms with Crippen molar-refractivity contribution in [2.45, 2.75) is 11.9 Å². The number of nitrogens with one attached hydrogen (secondary N) is 1. The van der Waals surface area contributed by atoms with E-state index >= 15 is 0 Å². The van der Waals surface area contributed by atoms with Crippen LogP contribution in [0.2, 0.25) is 10.0 Å². The van der Waals surface area contributed by atoms with E-state index in [1.807, 2.05) is 0 Å². The summed E-state index contributed by atoms with van der Waals surface area (Å²) < 4.78 is 18.3. The Kier molecular flexibility index (Phi) is 5.97. The summed E-state index contributed by atoms with van der Waals surface area (Å²) in [5.74, 6) is -1.19. The van der Waals surface area contributed by atoms with Crippen LogP contribution < -0.4 is 5.32 Å². The predicted molar refractivity (Wildman–Crippen MR) is 106 cm³/mol. The standard InChI is InChI=1S/C17H14Cl2N4O4S/c1-3-27-17(25)12-6-13-9(4-5-14(28(2)26)23(13)22-12)16(24)21-15-10(18)7-20-8-11(15)19/h4-8H,3H2,1-2H3,(H,20,21,24). The highest BCUT2D eigenvalue weighted by atomic mass is 35.5. The summed E-state index contributed by atoms with van der Waals surface area (Å²) in [6, 6.07) is 4.38. The fraction of sp³-hybridized carbons (Fsp3) is 0.176. The lowest BCUT2D eigenvalue weighted by molar-refractivity contribution is 0.0518. The van der Waals surface area contributed by atoms with Gasteiger partial charge in [-0.15, -0.1) is 0 Å². The molecule has 3 rings (SSSR count). The molecular formula is C17H14Cl2N4O4S. The number of esters is 1. The number of rotatable bonds is 5. The number of pyridine rings is 2. The zero-order valence-corrected chi connectivity index (χ0v) is 17.1. The molecule has 1 N–H and O–H groups in total. The lowest BCUT2D eigenvalue weighted by Gasteiger charge is -2.10. The van der Waals surface area contributed by atoms with Crippen LogP contribution in [0.5, 0.6) is 0 Å². The van der Waals surface area contributed by atoms with E-state index in [4.69, 9.17) is 27.9 Å². The minimum atomic E-state index is -1.41. The van der Waals surface area contributed by atoms with Crippen molar-refractivity contribution < 1.29 is 18.5 Å². The lowest BCUT2D eigenvalue weighted by Crippen LogP contribution is -2.15. The number of nitrogens with zero attached hydrogens (tertiary/aromatic N) is 3. The number of hydrogen-bond donors (Lipinski definition) is 1. The van der Waals surface area contributed by atoms with Gasteiger partial charge < -0.3 is 10.1 Å². The minimum absolute atomic E-state index is 0.00576. The summed E-state index contributed by atoms with van der Waals surface area (Å²) in [5, 5.41) is 7.43. The summed E-state index contributed by atoms with van der Waals surface area (Å²) in [4.78, 5) is 28.7. The third-order valence-corrected chi connectivity index (χ3v) is 5.17. The molecule has 0 aromatic carbocycles. The van der Waals surface area contributed by atoms with E-state index in [1.165, 1.54) is 41.4 Å². The fourth-order valence-corrected chi connectivity index (χ4v) is 3.58. The molecule has 0 aliphatic rings. The lowest BCUT2D eigenvalue weighted by atomic mass is 10.2. The second-order valence-electron chi connectivity index (χ2n) is 5.52. The number of hydrogen-bond acceptors (Lipinski definition) is 6. The Bertz CT molecular complexity index is 1100. The Hall–Kier alpha value is -2.49. The summed E-state index contributed by atoms with van der Waals surface area (Å²) in [5.41, 5.74) is 0.666. The van der Waals surface area contributed by atoms with Gasteiger partial charge in [-0.2, -0.15) is 5.10 Å². The molecule has 0 saturated heterocycles. The fourth-order valence-electron chi connectivity index (χ4n) is 2.48. The second kappa shape index (κ2) is 8.26. The van der Waals surface area contributed by atoms with Gasteiger partial charge in [-0.25, -0.2) is 9.31 Å². The highest BCUT2D eigenvalue weighted by molar-refractivity contribution is 7.84. The first kappa shape index (κ1) is 20.2. The molecule has 11 heteroatoms. The number of ether oxygens (including phenoxy) is 1. The Morgan fingerprint density at radius 2 is 1.93 bits per heavy atom. The van der Waals surface area contributed by atoms with E-state index in [1.54, 1.807) is 6.92 Å². The van der Waals surface area contributed by atoms with Crippen LogP contribution in [0, 0.1) is 0 Å². The van der Waals surface area contributed by atoms with Crippen molar-refractivity contribution in [2.75, 3.05) is 18.2 Å².